The third kappa shape index (κ3) is 4.07. The lowest BCUT2D eigenvalue weighted by Gasteiger charge is -2.14. The van der Waals surface area contributed by atoms with Crippen LogP contribution >= 0.6 is 11.8 Å². The maximum atomic E-state index is 10.6. The number of rotatable bonds is 8. The summed E-state index contributed by atoms with van der Waals surface area (Å²) < 4.78 is 16.2. The molecule has 0 unspecified atom stereocenters. The number of benzene rings is 1. The third-order valence-electron chi connectivity index (χ3n) is 2.81. The largest absolute Gasteiger partial charge is 0.493 e. The van der Waals surface area contributed by atoms with E-state index in [9.17, 15) is 4.79 Å². The molecule has 2 N–H and O–H groups in total. The van der Waals surface area contributed by atoms with Gasteiger partial charge in [-0.2, -0.15) is 0 Å². The molecule has 0 saturated heterocycles. The molecule has 2 aromatic rings. The molecule has 0 aliphatic heterocycles. The Hall–Kier alpha value is -2.42. The van der Waals surface area contributed by atoms with Gasteiger partial charge in [0.05, 0.1) is 26.6 Å². The number of aliphatic carboxylic acids is 1. The highest BCUT2D eigenvalue weighted by atomic mass is 32.2. The lowest BCUT2D eigenvalue weighted by atomic mass is 10.1. The van der Waals surface area contributed by atoms with Crippen molar-refractivity contribution >= 4 is 17.7 Å². The van der Waals surface area contributed by atoms with Crippen LogP contribution in [0, 0.1) is 0 Å². The number of thioether (sulfide) groups is 1. The predicted molar refractivity (Wildman–Crippen MR) is 84.5 cm³/mol. The molecule has 1 aromatic heterocycles. The molecule has 1 aromatic carbocycles. The summed E-state index contributed by atoms with van der Waals surface area (Å²) in [4.78, 5) is 14.8. The number of carboxylic acids is 1. The molecule has 0 fully saturated rings. The molecule has 23 heavy (non-hydrogen) atoms. The summed E-state index contributed by atoms with van der Waals surface area (Å²) in [5.74, 6) is 0.993. The van der Waals surface area contributed by atoms with Crippen LogP contribution in [0.4, 0.5) is 0 Å². The van der Waals surface area contributed by atoms with Crippen LogP contribution in [0.1, 0.15) is 6.92 Å². The number of hydrogen-bond donors (Lipinski definition) is 2. The van der Waals surface area contributed by atoms with Crippen LogP contribution in [0.2, 0.25) is 0 Å². The minimum Gasteiger partial charge on any atom is -0.493 e. The quantitative estimate of drug-likeness (QED) is 0.704. The molecule has 0 saturated carbocycles. The predicted octanol–water partition coefficient (Wildman–Crippen LogP) is 2.06. The SMILES string of the molecule is CCOc1c(OC)cc(-c2nc(SCC(=O)O)n[nH]2)cc1OC. The molecule has 2 rings (SSSR count). The van der Waals surface area contributed by atoms with Crippen LogP contribution in [-0.4, -0.2) is 52.8 Å². The summed E-state index contributed by atoms with van der Waals surface area (Å²) in [6.45, 7) is 2.35. The molecule has 9 heteroatoms. The van der Waals surface area contributed by atoms with Crippen molar-refractivity contribution in [3.63, 3.8) is 0 Å². The Morgan fingerprint density at radius 2 is 1.96 bits per heavy atom. The Bertz CT molecular complexity index is 664. The van der Waals surface area contributed by atoms with Crippen LogP contribution in [0.15, 0.2) is 17.3 Å². The van der Waals surface area contributed by atoms with Crippen LogP contribution < -0.4 is 14.2 Å². The van der Waals surface area contributed by atoms with Gasteiger partial charge in [-0.05, 0) is 19.1 Å². The summed E-state index contributed by atoms with van der Waals surface area (Å²) in [5, 5.41) is 15.8. The van der Waals surface area contributed by atoms with Gasteiger partial charge in [0.1, 0.15) is 0 Å². The maximum Gasteiger partial charge on any atom is 0.313 e. The van der Waals surface area contributed by atoms with Crippen LogP contribution in [-0.2, 0) is 4.79 Å². The van der Waals surface area contributed by atoms with Crippen molar-refractivity contribution in [2.75, 3.05) is 26.6 Å². The van der Waals surface area contributed by atoms with Crippen molar-refractivity contribution in [1.29, 1.82) is 0 Å². The number of nitrogens with zero attached hydrogens (tertiary/aromatic N) is 2. The van der Waals surface area contributed by atoms with E-state index in [4.69, 9.17) is 19.3 Å². The number of H-pyrrole nitrogens is 1. The molecule has 0 radical (unpaired) electrons. The molecule has 0 amide bonds. The number of ether oxygens (including phenoxy) is 3. The minimum absolute atomic E-state index is 0.104. The summed E-state index contributed by atoms with van der Waals surface area (Å²) in [5.41, 5.74) is 0.692. The third-order valence-corrected chi connectivity index (χ3v) is 3.64. The van der Waals surface area contributed by atoms with Crippen molar-refractivity contribution in [3.05, 3.63) is 12.1 Å². The zero-order valence-electron chi connectivity index (χ0n) is 13.0. The summed E-state index contributed by atoms with van der Waals surface area (Å²) >= 11 is 1.04. The zero-order valence-corrected chi connectivity index (χ0v) is 13.8. The Balaban J connectivity index is 2.34. The molecule has 0 spiro atoms. The molecule has 1 heterocycles. The highest BCUT2D eigenvalue weighted by Gasteiger charge is 2.17. The van der Waals surface area contributed by atoms with E-state index in [0.29, 0.717) is 40.4 Å². The average Bonchev–Trinajstić information content (AvgIpc) is 3.02. The van der Waals surface area contributed by atoms with Gasteiger partial charge in [-0.1, -0.05) is 11.8 Å². The van der Waals surface area contributed by atoms with Gasteiger partial charge in [0.25, 0.3) is 0 Å². The van der Waals surface area contributed by atoms with Crippen molar-refractivity contribution < 1.29 is 24.1 Å². The van der Waals surface area contributed by atoms with E-state index < -0.39 is 5.97 Å². The van der Waals surface area contributed by atoms with E-state index >= 15 is 0 Å². The smallest absolute Gasteiger partial charge is 0.313 e. The minimum atomic E-state index is -0.925. The van der Waals surface area contributed by atoms with E-state index in [2.05, 4.69) is 15.2 Å². The molecule has 0 bridgehead atoms. The average molecular weight is 339 g/mol. The Kier molecular flexibility index (Phi) is 5.69. The molecular formula is C14H17N3O5S. The Morgan fingerprint density at radius 3 is 2.48 bits per heavy atom. The number of nitrogens with one attached hydrogen (secondary N) is 1. The Labute approximate surface area is 137 Å². The first-order valence-electron chi connectivity index (χ1n) is 6.75. The standard InChI is InChI=1S/C14H17N3O5S/c1-4-22-12-9(20-2)5-8(6-10(12)21-3)13-15-14(17-16-13)23-7-11(18)19/h5-6H,4,7H2,1-3H3,(H,18,19)(H,15,16,17). The van der Waals surface area contributed by atoms with Crippen molar-refractivity contribution in [1.82, 2.24) is 15.2 Å². The van der Waals surface area contributed by atoms with Gasteiger partial charge in [-0.25, -0.2) is 4.98 Å². The molecule has 8 nitrogen and oxygen atoms in total. The van der Waals surface area contributed by atoms with Crippen molar-refractivity contribution in [2.24, 2.45) is 0 Å². The Morgan fingerprint density at radius 1 is 1.30 bits per heavy atom. The van der Waals surface area contributed by atoms with Gasteiger partial charge in [-0.15, -0.1) is 5.10 Å². The van der Waals surface area contributed by atoms with Gasteiger partial charge in [-0.3, -0.25) is 9.89 Å². The van der Waals surface area contributed by atoms with Gasteiger partial charge < -0.3 is 19.3 Å². The van der Waals surface area contributed by atoms with Gasteiger partial charge >= 0.3 is 5.97 Å². The first-order chi connectivity index (χ1) is 11.1. The number of hydrogen-bond acceptors (Lipinski definition) is 7. The summed E-state index contributed by atoms with van der Waals surface area (Å²) in [6.07, 6.45) is 0. The zero-order chi connectivity index (χ0) is 16.8. The number of aromatic nitrogens is 3. The number of carbonyl (C=O) groups is 1. The molecular weight excluding hydrogens is 322 g/mol. The first-order valence-corrected chi connectivity index (χ1v) is 7.73. The maximum absolute atomic E-state index is 10.6. The molecule has 0 aliphatic carbocycles. The highest BCUT2D eigenvalue weighted by molar-refractivity contribution is 7.99. The van der Waals surface area contributed by atoms with Gasteiger partial charge in [0.15, 0.2) is 17.3 Å². The van der Waals surface area contributed by atoms with Crippen LogP contribution in [0.5, 0.6) is 17.2 Å². The second kappa shape index (κ2) is 7.73. The molecule has 0 atom stereocenters. The van der Waals surface area contributed by atoms with E-state index in [1.165, 1.54) is 14.2 Å². The highest BCUT2D eigenvalue weighted by Crippen LogP contribution is 2.40. The lowest BCUT2D eigenvalue weighted by Crippen LogP contribution is -1.99. The fourth-order valence-corrected chi connectivity index (χ4v) is 2.39. The second-order valence-electron chi connectivity index (χ2n) is 4.29. The topological polar surface area (TPSA) is 107 Å². The monoisotopic (exact) mass is 339 g/mol. The molecule has 124 valence electrons. The van der Waals surface area contributed by atoms with E-state index in [0.717, 1.165) is 11.8 Å². The number of aromatic amines is 1. The van der Waals surface area contributed by atoms with Crippen LogP contribution in [0.3, 0.4) is 0 Å². The van der Waals surface area contributed by atoms with Crippen molar-refractivity contribution in [3.8, 4) is 28.6 Å². The normalized spacial score (nSPS) is 10.4. The van der Waals surface area contributed by atoms with E-state index in [1.54, 1.807) is 12.1 Å². The number of carboxylic acid groups (broad SMARTS) is 1. The summed E-state index contributed by atoms with van der Waals surface area (Å²) in [7, 11) is 3.07. The summed E-state index contributed by atoms with van der Waals surface area (Å²) in [6, 6.07) is 3.50. The molecule has 0 aliphatic rings. The number of methoxy groups -OCH3 is 2. The van der Waals surface area contributed by atoms with Gasteiger partial charge in [0, 0.05) is 5.56 Å². The fourth-order valence-electron chi connectivity index (χ4n) is 1.87. The van der Waals surface area contributed by atoms with Gasteiger partial charge in [0.2, 0.25) is 10.9 Å². The van der Waals surface area contributed by atoms with Crippen LogP contribution in [0.25, 0.3) is 11.4 Å². The van der Waals surface area contributed by atoms with E-state index in [-0.39, 0.29) is 5.75 Å². The lowest BCUT2D eigenvalue weighted by molar-refractivity contribution is -0.133. The second-order valence-corrected chi connectivity index (χ2v) is 5.23. The first kappa shape index (κ1) is 16.9. The van der Waals surface area contributed by atoms with Crippen molar-refractivity contribution in [2.45, 2.75) is 12.1 Å². The fraction of sp³-hybridized carbons (Fsp3) is 0.357. The van der Waals surface area contributed by atoms with E-state index in [1.807, 2.05) is 6.92 Å².